The van der Waals surface area contributed by atoms with Crippen LogP contribution in [0.1, 0.15) is 29.7 Å². The van der Waals surface area contributed by atoms with Crippen molar-refractivity contribution in [1.82, 2.24) is 5.32 Å². The van der Waals surface area contributed by atoms with Gasteiger partial charge in [0.05, 0.1) is 12.5 Å². The monoisotopic (exact) mass is 241 g/mol. The van der Waals surface area contributed by atoms with Gasteiger partial charge in [-0.25, -0.2) is 0 Å². The third-order valence-corrected chi connectivity index (χ3v) is 3.85. The standard InChI is InChI=1S/C16H19NO/c1-2-17-16-14(9-12-7-8-18-11-12)10-13-5-3-4-6-15(13)16/h3-8,11,14,16-17H,2,9-10H2,1H3. The van der Waals surface area contributed by atoms with Crippen LogP contribution in [0.25, 0.3) is 0 Å². The Balaban J connectivity index is 1.83. The third kappa shape index (κ3) is 2.08. The number of hydrogen-bond donors (Lipinski definition) is 1. The van der Waals surface area contributed by atoms with Crippen LogP contribution in [-0.4, -0.2) is 6.54 Å². The highest BCUT2D eigenvalue weighted by Gasteiger charge is 2.31. The zero-order valence-corrected chi connectivity index (χ0v) is 10.7. The van der Waals surface area contributed by atoms with E-state index in [1.165, 1.54) is 23.1 Å². The van der Waals surface area contributed by atoms with Crippen molar-refractivity contribution in [2.45, 2.75) is 25.8 Å². The van der Waals surface area contributed by atoms with Crippen LogP contribution in [0, 0.1) is 5.92 Å². The maximum absolute atomic E-state index is 5.18. The van der Waals surface area contributed by atoms with Gasteiger partial charge in [-0.15, -0.1) is 0 Å². The van der Waals surface area contributed by atoms with Gasteiger partial charge in [0.25, 0.3) is 0 Å². The molecule has 18 heavy (non-hydrogen) atoms. The first kappa shape index (κ1) is 11.5. The largest absolute Gasteiger partial charge is 0.472 e. The Kier molecular flexibility index (Phi) is 3.20. The van der Waals surface area contributed by atoms with E-state index in [9.17, 15) is 0 Å². The first-order valence-corrected chi connectivity index (χ1v) is 6.70. The van der Waals surface area contributed by atoms with Gasteiger partial charge in [-0.3, -0.25) is 0 Å². The van der Waals surface area contributed by atoms with Crippen LogP contribution in [0.3, 0.4) is 0 Å². The molecule has 2 atom stereocenters. The molecule has 1 aliphatic rings. The maximum Gasteiger partial charge on any atom is 0.0934 e. The summed E-state index contributed by atoms with van der Waals surface area (Å²) in [4.78, 5) is 0. The second-order valence-corrected chi connectivity index (χ2v) is 5.03. The van der Waals surface area contributed by atoms with Gasteiger partial charge in [-0.1, -0.05) is 31.2 Å². The van der Waals surface area contributed by atoms with Crippen molar-refractivity contribution in [2.75, 3.05) is 6.54 Å². The second-order valence-electron chi connectivity index (χ2n) is 5.03. The zero-order valence-electron chi connectivity index (χ0n) is 10.7. The predicted molar refractivity (Wildman–Crippen MR) is 72.5 cm³/mol. The van der Waals surface area contributed by atoms with Gasteiger partial charge in [0, 0.05) is 6.04 Å². The lowest BCUT2D eigenvalue weighted by atomic mass is 9.94. The summed E-state index contributed by atoms with van der Waals surface area (Å²) in [6.07, 6.45) is 5.88. The molecular formula is C16H19NO. The molecule has 94 valence electrons. The third-order valence-electron chi connectivity index (χ3n) is 3.85. The van der Waals surface area contributed by atoms with Crippen molar-refractivity contribution in [3.63, 3.8) is 0 Å². The molecule has 0 aliphatic heterocycles. The van der Waals surface area contributed by atoms with Crippen LogP contribution in [-0.2, 0) is 12.8 Å². The van der Waals surface area contributed by atoms with E-state index in [4.69, 9.17) is 4.42 Å². The van der Waals surface area contributed by atoms with Crippen LogP contribution in [0.5, 0.6) is 0 Å². The van der Waals surface area contributed by atoms with E-state index in [2.05, 4.69) is 42.6 Å². The fourth-order valence-corrected chi connectivity index (χ4v) is 3.08. The highest BCUT2D eigenvalue weighted by atomic mass is 16.3. The predicted octanol–water partition coefficient (Wildman–Crippen LogP) is 3.35. The number of hydrogen-bond acceptors (Lipinski definition) is 2. The summed E-state index contributed by atoms with van der Waals surface area (Å²) in [5, 5.41) is 3.63. The molecule has 0 fully saturated rings. The van der Waals surface area contributed by atoms with Crippen LogP contribution in [0.2, 0.25) is 0 Å². The summed E-state index contributed by atoms with van der Waals surface area (Å²) >= 11 is 0. The molecule has 0 bridgehead atoms. The highest BCUT2D eigenvalue weighted by molar-refractivity contribution is 5.36. The van der Waals surface area contributed by atoms with Gasteiger partial charge in [-0.2, -0.15) is 0 Å². The first-order valence-electron chi connectivity index (χ1n) is 6.70. The van der Waals surface area contributed by atoms with Gasteiger partial charge in [0.1, 0.15) is 0 Å². The average molecular weight is 241 g/mol. The fourth-order valence-electron chi connectivity index (χ4n) is 3.08. The van der Waals surface area contributed by atoms with Crippen LogP contribution >= 0.6 is 0 Å². The van der Waals surface area contributed by atoms with Gasteiger partial charge in [0.15, 0.2) is 0 Å². The van der Waals surface area contributed by atoms with Crippen molar-refractivity contribution >= 4 is 0 Å². The maximum atomic E-state index is 5.18. The van der Waals surface area contributed by atoms with Crippen molar-refractivity contribution in [3.8, 4) is 0 Å². The number of furan rings is 1. The van der Waals surface area contributed by atoms with Crippen molar-refractivity contribution in [2.24, 2.45) is 5.92 Å². The van der Waals surface area contributed by atoms with E-state index in [0.717, 1.165) is 13.0 Å². The van der Waals surface area contributed by atoms with E-state index in [0.29, 0.717) is 12.0 Å². The SMILES string of the molecule is CCNC1c2ccccc2CC1Cc1ccoc1. The number of fused-ring (bicyclic) bond motifs is 1. The van der Waals surface area contributed by atoms with Crippen LogP contribution < -0.4 is 5.32 Å². The Bertz CT molecular complexity index is 502. The summed E-state index contributed by atoms with van der Waals surface area (Å²) in [5.41, 5.74) is 4.28. The summed E-state index contributed by atoms with van der Waals surface area (Å²) in [5.74, 6) is 0.639. The Morgan fingerprint density at radius 1 is 1.28 bits per heavy atom. The van der Waals surface area contributed by atoms with Crippen molar-refractivity contribution < 1.29 is 4.42 Å². The molecule has 1 aromatic heterocycles. The van der Waals surface area contributed by atoms with Gasteiger partial charge in [-0.05, 0) is 48.1 Å². The van der Waals surface area contributed by atoms with E-state index in [-0.39, 0.29) is 0 Å². The van der Waals surface area contributed by atoms with Gasteiger partial charge < -0.3 is 9.73 Å². The number of benzene rings is 1. The topological polar surface area (TPSA) is 25.2 Å². The van der Waals surface area contributed by atoms with Crippen LogP contribution in [0.15, 0.2) is 47.3 Å². The average Bonchev–Trinajstić information content (AvgIpc) is 3.00. The molecule has 2 aromatic rings. The minimum atomic E-state index is 0.487. The van der Waals surface area contributed by atoms with Crippen molar-refractivity contribution in [1.29, 1.82) is 0 Å². The lowest BCUT2D eigenvalue weighted by Crippen LogP contribution is -2.26. The summed E-state index contributed by atoms with van der Waals surface area (Å²) in [6, 6.07) is 11.4. The Labute approximate surface area is 108 Å². The van der Waals surface area contributed by atoms with E-state index in [1.54, 1.807) is 6.26 Å². The summed E-state index contributed by atoms with van der Waals surface area (Å²) in [6.45, 7) is 3.19. The molecule has 0 saturated heterocycles. The molecule has 0 spiro atoms. The minimum absolute atomic E-state index is 0.487. The summed E-state index contributed by atoms with van der Waals surface area (Å²) in [7, 11) is 0. The van der Waals surface area contributed by atoms with E-state index in [1.807, 2.05) is 6.26 Å². The lowest BCUT2D eigenvalue weighted by molar-refractivity contribution is 0.392. The lowest BCUT2D eigenvalue weighted by Gasteiger charge is -2.20. The highest BCUT2D eigenvalue weighted by Crippen LogP contribution is 2.37. The molecule has 2 nitrogen and oxygen atoms in total. The van der Waals surface area contributed by atoms with Gasteiger partial charge >= 0.3 is 0 Å². The Morgan fingerprint density at radius 3 is 2.94 bits per heavy atom. The van der Waals surface area contributed by atoms with E-state index < -0.39 is 0 Å². The smallest absolute Gasteiger partial charge is 0.0934 e. The van der Waals surface area contributed by atoms with E-state index >= 15 is 0 Å². The molecule has 1 aromatic carbocycles. The van der Waals surface area contributed by atoms with Gasteiger partial charge in [0.2, 0.25) is 0 Å². The number of nitrogens with one attached hydrogen (secondary N) is 1. The second kappa shape index (κ2) is 4.99. The minimum Gasteiger partial charge on any atom is -0.472 e. The summed E-state index contributed by atoms with van der Waals surface area (Å²) < 4.78 is 5.18. The molecule has 2 heteroatoms. The molecule has 0 radical (unpaired) electrons. The molecular weight excluding hydrogens is 222 g/mol. The molecule has 3 rings (SSSR count). The molecule has 0 amide bonds. The zero-order chi connectivity index (χ0) is 12.4. The van der Waals surface area contributed by atoms with Crippen molar-refractivity contribution in [3.05, 3.63) is 59.5 Å². The number of rotatable bonds is 4. The Morgan fingerprint density at radius 2 is 2.17 bits per heavy atom. The molecule has 0 saturated carbocycles. The fraction of sp³-hybridized carbons (Fsp3) is 0.375. The first-order chi connectivity index (χ1) is 8.88. The molecule has 2 unspecified atom stereocenters. The Hall–Kier alpha value is -1.54. The quantitative estimate of drug-likeness (QED) is 0.888. The van der Waals surface area contributed by atoms with Crippen LogP contribution in [0.4, 0.5) is 0 Å². The molecule has 1 heterocycles. The molecule has 1 N–H and O–H groups in total. The molecule has 1 aliphatic carbocycles. The normalized spacial score (nSPS) is 22.1.